The van der Waals surface area contributed by atoms with E-state index in [-0.39, 0.29) is 5.56 Å². The Morgan fingerprint density at radius 3 is 2.73 bits per heavy atom. The molecule has 1 fully saturated rings. The molecular weight excluding hydrogens is 294 g/mol. The summed E-state index contributed by atoms with van der Waals surface area (Å²) in [6.07, 6.45) is 3.36. The summed E-state index contributed by atoms with van der Waals surface area (Å²) in [6, 6.07) is 0.367. The second-order valence-electron chi connectivity index (χ2n) is 6.76. The van der Waals surface area contributed by atoms with Gasteiger partial charge in [0.15, 0.2) is 0 Å². The molecule has 0 aromatic carbocycles. The molecule has 0 spiro atoms. The predicted molar refractivity (Wildman–Crippen MR) is 92.8 cm³/mol. The van der Waals surface area contributed by atoms with E-state index in [4.69, 9.17) is 4.98 Å². The molecule has 5 heteroatoms. The van der Waals surface area contributed by atoms with Crippen LogP contribution in [0.1, 0.15) is 55.4 Å². The highest BCUT2D eigenvalue weighted by molar-refractivity contribution is 7.18. The third kappa shape index (κ3) is 2.97. The number of nitrogens with one attached hydrogen (secondary N) is 1. The van der Waals surface area contributed by atoms with Gasteiger partial charge in [0, 0.05) is 10.9 Å². The molecule has 0 amide bonds. The van der Waals surface area contributed by atoms with Crippen molar-refractivity contribution in [3.63, 3.8) is 0 Å². The molecule has 0 bridgehead atoms. The van der Waals surface area contributed by atoms with Gasteiger partial charge in [0.25, 0.3) is 5.56 Å². The van der Waals surface area contributed by atoms with Crippen LogP contribution in [-0.2, 0) is 6.54 Å². The Morgan fingerprint density at radius 1 is 1.36 bits per heavy atom. The van der Waals surface area contributed by atoms with E-state index in [1.165, 1.54) is 4.88 Å². The van der Waals surface area contributed by atoms with E-state index >= 15 is 0 Å². The van der Waals surface area contributed by atoms with E-state index in [9.17, 15) is 4.79 Å². The molecule has 0 atom stereocenters. The third-order valence-corrected chi connectivity index (χ3v) is 5.50. The normalized spacial score (nSPS) is 15.1. The SMILES string of the molecule is Cc1sc2nc(CNCCC(C)C)n(C3CC3)c(=O)c2c1C. The smallest absolute Gasteiger partial charge is 0.262 e. The minimum atomic E-state index is 0.162. The Bertz CT molecular complexity index is 740. The number of hydrogen-bond donors (Lipinski definition) is 1. The minimum Gasteiger partial charge on any atom is -0.310 e. The summed E-state index contributed by atoms with van der Waals surface area (Å²) in [7, 11) is 0. The van der Waals surface area contributed by atoms with Crippen molar-refractivity contribution >= 4 is 21.6 Å². The Balaban J connectivity index is 1.94. The van der Waals surface area contributed by atoms with Gasteiger partial charge >= 0.3 is 0 Å². The van der Waals surface area contributed by atoms with Crippen LogP contribution < -0.4 is 10.9 Å². The fourth-order valence-electron chi connectivity index (χ4n) is 2.77. The van der Waals surface area contributed by atoms with Crippen LogP contribution in [0, 0.1) is 19.8 Å². The van der Waals surface area contributed by atoms with Crippen LogP contribution in [0.3, 0.4) is 0 Å². The molecule has 2 heterocycles. The lowest BCUT2D eigenvalue weighted by atomic mass is 10.1. The molecule has 0 unspecified atom stereocenters. The highest BCUT2D eigenvalue weighted by atomic mass is 32.1. The Hall–Kier alpha value is -1.20. The van der Waals surface area contributed by atoms with Crippen molar-refractivity contribution in [1.29, 1.82) is 0 Å². The van der Waals surface area contributed by atoms with Crippen LogP contribution in [0.15, 0.2) is 4.79 Å². The lowest BCUT2D eigenvalue weighted by molar-refractivity contribution is 0.517. The van der Waals surface area contributed by atoms with E-state index in [2.05, 4.69) is 26.1 Å². The molecule has 0 aliphatic heterocycles. The first-order valence-electron chi connectivity index (χ1n) is 8.21. The van der Waals surface area contributed by atoms with Crippen molar-refractivity contribution in [3.8, 4) is 0 Å². The zero-order valence-corrected chi connectivity index (χ0v) is 14.7. The molecular formula is C17H25N3OS. The molecule has 2 aromatic rings. The molecule has 0 radical (unpaired) electrons. The summed E-state index contributed by atoms with van der Waals surface area (Å²) in [4.78, 5) is 19.8. The number of aryl methyl sites for hydroxylation is 2. The number of fused-ring (bicyclic) bond motifs is 1. The summed E-state index contributed by atoms with van der Waals surface area (Å²) in [5, 5.41) is 4.29. The number of nitrogens with zero attached hydrogens (tertiary/aromatic N) is 2. The Kier molecular flexibility index (Phi) is 4.37. The van der Waals surface area contributed by atoms with Gasteiger partial charge in [-0.3, -0.25) is 9.36 Å². The lowest BCUT2D eigenvalue weighted by Gasteiger charge is -2.13. The summed E-state index contributed by atoms with van der Waals surface area (Å²) in [6.45, 7) is 10.2. The van der Waals surface area contributed by atoms with Crippen LogP contribution in [0.4, 0.5) is 0 Å². The van der Waals surface area contributed by atoms with Gasteiger partial charge in [0.1, 0.15) is 10.7 Å². The van der Waals surface area contributed by atoms with E-state index in [0.717, 1.165) is 47.4 Å². The quantitative estimate of drug-likeness (QED) is 0.828. The maximum atomic E-state index is 12.9. The second kappa shape index (κ2) is 6.13. The molecule has 120 valence electrons. The molecule has 4 nitrogen and oxygen atoms in total. The third-order valence-electron chi connectivity index (χ3n) is 4.40. The molecule has 1 N–H and O–H groups in total. The van der Waals surface area contributed by atoms with Crippen LogP contribution >= 0.6 is 11.3 Å². The van der Waals surface area contributed by atoms with E-state index in [1.54, 1.807) is 11.3 Å². The number of hydrogen-bond acceptors (Lipinski definition) is 4. The van der Waals surface area contributed by atoms with Gasteiger partial charge in [-0.25, -0.2) is 4.98 Å². The van der Waals surface area contributed by atoms with Crippen molar-refractivity contribution in [2.24, 2.45) is 5.92 Å². The van der Waals surface area contributed by atoms with E-state index in [0.29, 0.717) is 18.5 Å². The molecule has 1 saturated carbocycles. The fourth-order valence-corrected chi connectivity index (χ4v) is 3.81. The second-order valence-corrected chi connectivity index (χ2v) is 7.96. The number of rotatable bonds is 6. The highest BCUT2D eigenvalue weighted by Gasteiger charge is 2.29. The zero-order chi connectivity index (χ0) is 15.9. The lowest BCUT2D eigenvalue weighted by Crippen LogP contribution is -2.28. The monoisotopic (exact) mass is 319 g/mol. The number of thiophene rings is 1. The maximum absolute atomic E-state index is 12.9. The van der Waals surface area contributed by atoms with Crippen LogP contribution in [0.2, 0.25) is 0 Å². The van der Waals surface area contributed by atoms with Gasteiger partial charge in [-0.2, -0.15) is 0 Å². The van der Waals surface area contributed by atoms with Crippen LogP contribution in [-0.4, -0.2) is 16.1 Å². The average Bonchev–Trinajstić information content (AvgIpc) is 3.22. The Morgan fingerprint density at radius 2 is 2.09 bits per heavy atom. The molecule has 1 aliphatic carbocycles. The maximum Gasteiger partial charge on any atom is 0.262 e. The first-order chi connectivity index (χ1) is 10.5. The zero-order valence-electron chi connectivity index (χ0n) is 13.9. The van der Waals surface area contributed by atoms with Crippen LogP contribution in [0.25, 0.3) is 10.2 Å². The van der Waals surface area contributed by atoms with Crippen molar-refractivity contribution in [1.82, 2.24) is 14.9 Å². The van der Waals surface area contributed by atoms with E-state index in [1.807, 2.05) is 11.5 Å². The topological polar surface area (TPSA) is 46.9 Å². The summed E-state index contributed by atoms with van der Waals surface area (Å²) >= 11 is 1.64. The van der Waals surface area contributed by atoms with Gasteiger partial charge in [-0.1, -0.05) is 13.8 Å². The summed E-state index contributed by atoms with van der Waals surface area (Å²) in [5.74, 6) is 1.60. The molecule has 0 saturated heterocycles. The van der Waals surface area contributed by atoms with Gasteiger partial charge in [0.05, 0.1) is 11.9 Å². The van der Waals surface area contributed by atoms with Gasteiger partial charge in [-0.15, -0.1) is 11.3 Å². The summed E-state index contributed by atoms with van der Waals surface area (Å²) in [5.41, 5.74) is 1.27. The van der Waals surface area contributed by atoms with Crippen LogP contribution in [0.5, 0.6) is 0 Å². The molecule has 1 aliphatic rings. The first kappa shape index (κ1) is 15.7. The minimum absolute atomic E-state index is 0.162. The average molecular weight is 319 g/mol. The van der Waals surface area contributed by atoms with Gasteiger partial charge < -0.3 is 5.32 Å². The molecule has 2 aromatic heterocycles. The van der Waals surface area contributed by atoms with Crippen molar-refractivity contribution < 1.29 is 0 Å². The van der Waals surface area contributed by atoms with Crippen molar-refractivity contribution in [2.45, 2.75) is 59.5 Å². The fraction of sp³-hybridized carbons (Fsp3) is 0.647. The Labute approximate surface area is 135 Å². The summed E-state index contributed by atoms with van der Waals surface area (Å²) < 4.78 is 1.95. The number of aromatic nitrogens is 2. The largest absolute Gasteiger partial charge is 0.310 e. The highest BCUT2D eigenvalue weighted by Crippen LogP contribution is 2.36. The van der Waals surface area contributed by atoms with Gasteiger partial charge in [-0.05, 0) is 51.1 Å². The molecule has 3 rings (SSSR count). The van der Waals surface area contributed by atoms with Crippen molar-refractivity contribution in [2.75, 3.05) is 6.54 Å². The first-order valence-corrected chi connectivity index (χ1v) is 9.02. The van der Waals surface area contributed by atoms with Crippen molar-refractivity contribution in [3.05, 3.63) is 26.6 Å². The van der Waals surface area contributed by atoms with Gasteiger partial charge in [0.2, 0.25) is 0 Å². The molecule has 22 heavy (non-hydrogen) atoms. The predicted octanol–water partition coefficient (Wildman–Crippen LogP) is 3.55. The van der Waals surface area contributed by atoms with E-state index < -0.39 is 0 Å². The standard InChI is InChI=1S/C17H25N3OS/c1-10(2)7-8-18-9-14-19-16-15(11(3)12(4)22-16)17(21)20(14)13-5-6-13/h10,13,18H,5-9H2,1-4H3.